The van der Waals surface area contributed by atoms with E-state index in [2.05, 4.69) is 10.4 Å². The number of halogens is 2. The van der Waals surface area contributed by atoms with E-state index in [-0.39, 0.29) is 18.3 Å². The number of piperidine rings is 1. The number of ether oxygens (including phenoxy) is 1. The number of rotatable bonds is 6. The van der Waals surface area contributed by atoms with Crippen LogP contribution < -0.4 is 10.1 Å². The summed E-state index contributed by atoms with van der Waals surface area (Å²) in [6.07, 6.45) is 4.76. The number of hydrogen-bond donors (Lipinski definition) is 1. The van der Waals surface area contributed by atoms with Gasteiger partial charge in [-0.05, 0) is 44.4 Å². The normalized spacial score (nSPS) is 15.2. The maximum Gasteiger partial charge on any atom is 0.272 e. The number of amides is 2. The van der Waals surface area contributed by atoms with Crippen LogP contribution >= 0.6 is 23.2 Å². The van der Waals surface area contributed by atoms with Crippen molar-refractivity contribution < 1.29 is 14.3 Å². The van der Waals surface area contributed by atoms with Gasteiger partial charge >= 0.3 is 0 Å². The molecule has 0 aliphatic carbocycles. The van der Waals surface area contributed by atoms with Gasteiger partial charge in [-0.1, -0.05) is 29.3 Å². The molecule has 3 rings (SSSR count). The number of nitrogens with zero attached hydrogens (tertiary/aromatic N) is 3. The summed E-state index contributed by atoms with van der Waals surface area (Å²) in [5.74, 6) is -0.121. The number of carbonyl (C=O) groups is 2. The first-order valence-electron chi connectivity index (χ1n) is 9.15. The first-order valence-corrected chi connectivity index (χ1v) is 9.91. The summed E-state index contributed by atoms with van der Waals surface area (Å²) < 4.78 is 7.04. The van der Waals surface area contributed by atoms with Crippen molar-refractivity contribution in [3.05, 3.63) is 46.2 Å². The lowest BCUT2D eigenvalue weighted by Crippen LogP contribution is -2.48. The zero-order chi connectivity index (χ0) is 20.1. The number of benzene rings is 1. The maximum absolute atomic E-state index is 12.4. The molecule has 1 fully saturated rings. The lowest BCUT2D eigenvalue weighted by Gasteiger charge is -2.29. The smallest absolute Gasteiger partial charge is 0.272 e. The van der Waals surface area contributed by atoms with Gasteiger partial charge in [-0.15, -0.1) is 0 Å². The highest BCUT2D eigenvalue weighted by Gasteiger charge is 2.24. The standard InChI is InChI=1S/C19H22Cl2N4O3/c1-13(19(27)24-9-3-2-4-10-24)22-18(26)16-8-11-25(23-16)12-28-17-14(20)6-5-7-15(17)21/h5-8,11,13H,2-4,9-10,12H2,1H3,(H,22,26). The molecule has 9 heteroatoms. The Labute approximate surface area is 173 Å². The summed E-state index contributed by atoms with van der Waals surface area (Å²) >= 11 is 12.1. The molecule has 2 heterocycles. The molecule has 1 aromatic carbocycles. The summed E-state index contributed by atoms with van der Waals surface area (Å²) in [6, 6.07) is 6.02. The van der Waals surface area contributed by atoms with Crippen molar-refractivity contribution in [2.24, 2.45) is 0 Å². The van der Waals surface area contributed by atoms with Crippen molar-refractivity contribution >= 4 is 35.0 Å². The van der Waals surface area contributed by atoms with Crippen LogP contribution in [0.25, 0.3) is 0 Å². The minimum atomic E-state index is -0.603. The lowest BCUT2D eigenvalue weighted by molar-refractivity contribution is -0.133. The van der Waals surface area contributed by atoms with Gasteiger partial charge in [0.1, 0.15) is 11.7 Å². The lowest BCUT2D eigenvalue weighted by atomic mass is 10.1. The highest BCUT2D eigenvalue weighted by molar-refractivity contribution is 6.37. The van der Waals surface area contributed by atoms with Crippen LogP contribution in [-0.2, 0) is 11.5 Å². The van der Waals surface area contributed by atoms with E-state index < -0.39 is 11.9 Å². The van der Waals surface area contributed by atoms with E-state index in [4.69, 9.17) is 27.9 Å². The van der Waals surface area contributed by atoms with E-state index in [1.54, 1.807) is 42.3 Å². The predicted molar refractivity (Wildman–Crippen MR) is 107 cm³/mol. The molecule has 7 nitrogen and oxygen atoms in total. The minimum Gasteiger partial charge on any atom is -0.468 e. The fourth-order valence-electron chi connectivity index (χ4n) is 3.03. The number of carbonyl (C=O) groups excluding carboxylic acids is 2. The molecule has 1 aliphatic rings. The molecule has 1 saturated heterocycles. The highest BCUT2D eigenvalue weighted by atomic mass is 35.5. The molecular weight excluding hydrogens is 403 g/mol. The fraction of sp³-hybridized carbons (Fsp3) is 0.421. The summed E-state index contributed by atoms with van der Waals surface area (Å²) in [7, 11) is 0. The Morgan fingerprint density at radius 2 is 1.86 bits per heavy atom. The molecule has 0 radical (unpaired) electrons. The Bertz CT molecular complexity index is 829. The van der Waals surface area contributed by atoms with Crippen molar-refractivity contribution in [2.75, 3.05) is 13.1 Å². The van der Waals surface area contributed by atoms with Crippen LogP contribution in [0.4, 0.5) is 0 Å². The summed E-state index contributed by atoms with van der Waals surface area (Å²) in [4.78, 5) is 26.6. The van der Waals surface area contributed by atoms with E-state index in [0.29, 0.717) is 15.8 Å². The van der Waals surface area contributed by atoms with Gasteiger partial charge in [-0.3, -0.25) is 9.59 Å². The number of nitrogens with one attached hydrogen (secondary N) is 1. The minimum absolute atomic E-state index is 0.0407. The Morgan fingerprint density at radius 1 is 1.18 bits per heavy atom. The van der Waals surface area contributed by atoms with Gasteiger partial charge < -0.3 is 15.0 Å². The van der Waals surface area contributed by atoms with Crippen LogP contribution in [0.15, 0.2) is 30.5 Å². The Morgan fingerprint density at radius 3 is 2.54 bits per heavy atom. The molecule has 2 aromatic rings. The molecule has 150 valence electrons. The van der Waals surface area contributed by atoms with Crippen LogP contribution in [0.1, 0.15) is 36.7 Å². The molecule has 1 atom stereocenters. The van der Waals surface area contributed by atoms with Crippen LogP contribution in [0.3, 0.4) is 0 Å². The van der Waals surface area contributed by atoms with Crippen molar-refractivity contribution in [3.63, 3.8) is 0 Å². The molecule has 1 unspecified atom stereocenters. The second-order valence-electron chi connectivity index (χ2n) is 6.65. The van der Waals surface area contributed by atoms with Gasteiger partial charge in [0.2, 0.25) is 5.91 Å². The zero-order valence-electron chi connectivity index (χ0n) is 15.5. The number of aromatic nitrogens is 2. The van der Waals surface area contributed by atoms with Crippen molar-refractivity contribution in [1.29, 1.82) is 0 Å². The van der Waals surface area contributed by atoms with Gasteiger partial charge in [-0.2, -0.15) is 5.10 Å². The van der Waals surface area contributed by atoms with Crippen molar-refractivity contribution in [3.8, 4) is 5.75 Å². The van der Waals surface area contributed by atoms with E-state index in [9.17, 15) is 9.59 Å². The SMILES string of the molecule is CC(NC(=O)c1ccn(COc2c(Cl)cccc2Cl)n1)C(=O)N1CCCCC1. The predicted octanol–water partition coefficient (Wildman–Crippen LogP) is 3.36. The zero-order valence-corrected chi connectivity index (χ0v) is 17.0. The van der Waals surface area contributed by atoms with Crippen molar-refractivity contribution in [1.82, 2.24) is 20.0 Å². The van der Waals surface area contributed by atoms with Gasteiger partial charge in [0.25, 0.3) is 5.91 Å². The monoisotopic (exact) mass is 424 g/mol. The second kappa shape index (κ2) is 9.30. The number of likely N-dealkylation sites (tertiary alicyclic amines) is 1. The largest absolute Gasteiger partial charge is 0.468 e. The van der Waals surface area contributed by atoms with E-state index in [1.807, 2.05) is 0 Å². The molecule has 0 bridgehead atoms. The summed E-state index contributed by atoms with van der Waals surface area (Å²) in [5, 5.41) is 7.67. The van der Waals surface area contributed by atoms with Gasteiger partial charge in [0, 0.05) is 19.3 Å². The van der Waals surface area contributed by atoms with Crippen LogP contribution in [0, 0.1) is 0 Å². The Hall–Kier alpha value is -2.25. The first-order chi connectivity index (χ1) is 13.5. The third kappa shape index (κ3) is 4.97. The molecule has 1 aliphatic heterocycles. The average Bonchev–Trinajstić information content (AvgIpc) is 3.17. The molecule has 1 N–H and O–H groups in total. The van der Waals surface area contributed by atoms with Crippen LogP contribution in [-0.4, -0.2) is 45.6 Å². The van der Waals surface area contributed by atoms with E-state index in [0.717, 1.165) is 32.4 Å². The topological polar surface area (TPSA) is 76.5 Å². The summed E-state index contributed by atoms with van der Waals surface area (Å²) in [5.41, 5.74) is 0.201. The highest BCUT2D eigenvalue weighted by Crippen LogP contribution is 2.32. The number of para-hydroxylation sites is 1. The first kappa shape index (κ1) is 20.5. The Balaban J connectivity index is 1.55. The third-order valence-electron chi connectivity index (χ3n) is 4.52. The quantitative estimate of drug-likeness (QED) is 0.770. The molecule has 1 aromatic heterocycles. The van der Waals surface area contributed by atoms with E-state index in [1.165, 1.54) is 4.68 Å². The Kier molecular flexibility index (Phi) is 6.80. The molecule has 28 heavy (non-hydrogen) atoms. The second-order valence-corrected chi connectivity index (χ2v) is 7.46. The maximum atomic E-state index is 12.4. The van der Waals surface area contributed by atoms with Gasteiger partial charge in [-0.25, -0.2) is 4.68 Å². The molecular formula is C19H22Cl2N4O3. The van der Waals surface area contributed by atoms with Crippen LogP contribution in [0.5, 0.6) is 5.75 Å². The summed E-state index contributed by atoms with van der Waals surface area (Å²) in [6.45, 7) is 3.22. The fourth-order valence-corrected chi connectivity index (χ4v) is 3.53. The van der Waals surface area contributed by atoms with Gasteiger partial charge in [0.05, 0.1) is 10.0 Å². The van der Waals surface area contributed by atoms with Crippen LogP contribution in [0.2, 0.25) is 10.0 Å². The molecule has 0 saturated carbocycles. The average molecular weight is 425 g/mol. The van der Waals surface area contributed by atoms with Gasteiger partial charge in [0.15, 0.2) is 12.5 Å². The number of hydrogen-bond acceptors (Lipinski definition) is 4. The molecule has 0 spiro atoms. The molecule has 2 amide bonds. The van der Waals surface area contributed by atoms with Crippen molar-refractivity contribution in [2.45, 2.75) is 39.0 Å². The van der Waals surface area contributed by atoms with E-state index >= 15 is 0 Å². The third-order valence-corrected chi connectivity index (χ3v) is 5.11.